The number of benzene rings is 1. The highest BCUT2D eigenvalue weighted by molar-refractivity contribution is 5.62. The van der Waals surface area contributed by atoms with Gasteiger partial charge in [-0.05, 0) is 28.6 Å². The van der Waals surface area contributed by atoms with Crippen LogP contribution in [0.4, 0.5) is 0 Å². The molecule has 18 heavy (non-hydrogen) atoms. The predicted octanol–water partition coefficient (Wildman–Crippen LogP) is 0.545. The van der Waals surface area contributed by atoms with Crippen LogP contribution in [0.25, 0.3) is 16.9 Å². The molecule has 2 N–H and O–H groups in total. The van der Waals surface area contributed by atoms with Gasteiger partial charge in [0.2, 0.25) is 0 Å². The van der Waals surface area contributed by atoms with Crippen LogP contribution in [0.3, 0.4) is 0 Å². The van der Waals surface area contributed by atoms with E-state index in [9.17, 15) is 0 Å². The van der Waals surface area contributed by atoms with Crippen LogP contribution in [0.2, 0.25) is 0 Å². The molecule has 0 radical (unpaired) electrons. The maximum absolute atomic E-state index is 9.00. The lowest BCUT2D eigenvalue weighted by atomic mass is 10.1. The van der Waals surface area contributed by atoms with Gasteiger partial charge in [0.05, 0.1) is 23.7 Å². The number of aliphatic hydroxyl groups is 1. The number of nitrogens with one attached hydrogen (secondary N) is 1. The van der Waals surface area contributed by atoms with Crippen molar-refractivity contribution in [3.8, 4) is 16.9 Å². The number of rotatable bonds is 3. The lowest BCUT2D eigenvalue weighted by Crippen LogP contribution is -1.95. The molecule has 0 saturated carbocycles. The maximum atomic E-state index is 9.00. The summed E-state index contributed by atoms with van der Waals surface area (Å²) < 4.78 is 1.57. The number of aliphatic hydroxyl groups excluding tert-OH is 1. The molecule has 0 aliphatic carbocycles. The Kier molecular flexibility index (Phi) is 2.58. The summed E-state index contributed by atoms with van der Waals surface area (Å²) in [6.07, 6.45) is 1.53. The van der Waals surface area contributed by atoms with E-state index in [2.05, 4.69) is 25.7 Å². The summed E-state index contributed by atoms with van der Waals surface area (Å²) in [5, 5.41) is 26.9. The van der Waals surface area contributed by atoms with E-state index < -0.39 is 0 Å². The number of aromatic amines is 1. The lowest BCUT2D eigenvalue weighted by Gasteiger charge is -2.01. The van der Waals surface area contributed by atoms with Gasteiger partial charge in [0, 0.05) is 5.56 Å². The number of aromatic nitrogens is 6. The monoisotopic (exact) mass is 242 g/mol. The Morgan fingerprint density at radius 2 is 2.22 bits per heavy atom. The third-order valence-corrected chi connectivity index (χ3v) is 2.56. The van der Waals surface area contributed by atoms with Crippen LogP contribution in [0.1, 0.15) is 5.69 Å². The van der Waals surface area contributed by atoms with Crippen LogP contribution >= 0.6 is 0 Å². The molecule has 2 heterocycles. The van der Waals surface area contributed by atoms with Crippen molar-refractivity contribution in [2.75, 3.05) is 0 Å². The van der Waals surface area contributed by atoms with Crippen molar-refractivity contribution in [3.05, 3.63) is 42.4 Å². The average Bonchev–Trinajstić information content (AvgIpc) is 3.10. The predicted molar refractivity (Wildman–Crippen MR) is 62.7 cm³/mol. The second-order valence-electron chi connectivity index (χ2n) is 3.74. The van der Waals surface area contributed by atoms with Gasteiger partial charge < -0.3 is 5.11 Å². The SMILES string of the molecule is OCc1cc(-c2cccc(-n3cnnn3)c2)n[nH]1. The van der Waals surface area contributed by atoms with E-state index in [0.717, 1.165) is 16.9 Å². The quantitative estimate of drug-likeness (QED) is 0.699. The van der Waals surface area contributed by atoms with Crippen LogP contribution < -0.4 is 0 Å². The molecule has 0 atom stereocenters. The van der Waals surface area contributed by atoms with Crippen LogP contribution in [-0.4, -0.2) is 35.5 Å². The summed E-state index contributed by atoms with van der Waals surface area (Å²) >= 11 is 0. The van der Waals surface area contributed by atoms with E-state index in [-0.39, 0.29) is 6.61 Å². The van der Waals surface area contributed by atoms with Crippen LogP contribution in [0.15, 0.2) is 36.7 Å². The first-order chi connectivity index (χ1) is 8.86. The molecule has 0 fully saturated rings. The Morgan fingerprint density at radius 3 is 2.94 bits per heavy atom. The van der Waals surface area contributed by atoms with Crippen LogP contribution in [-0.2, 0) is 6.61 Å². The lowest BCUT2D eigenvalue weighted by molar-refractivity contribution is 0.276. The van der Waals surface area contributed by atoms with E-state index in [1.807, 2.05) is 24.3 Å². The van der Waals surface area contributed by atoms with Crippen LogP contribution in [0.5, 0.6) is 0 Å². The molecule has 90 valence electrons. The smallest absolute Gasteiger partial charge is 0.143 e. The number of hydrogen-bond acceptors (Lipinski definition) is 5. The van der Waals surface area contributed by atoms with Gasteiger partial charge in [0.15, 0.2) is 0 Å². The average molecular weight is 242 g/mol. The van der Waals surface area contributed by atoms with Gasteiger partial charge in [-0.15, -0.1) is 5.10 Å². The van der Waals surface area contributed by atoms with E-state index in [0.29, 0.717) is 5.69 Å². The van der Waals surface area contributed by atoms with Crippen molar-refractivity contribution in [2.45, 2.75) is 6.61 Å². The van der Waals surface area contributed by atoms with Gasteiger partial charge in [0.1, 0.15) is 6.33 Å². The topological polar surface area (TPSA) is 92.5 Å². The standard InChI is InChI=1S/C11H10N6O/c18-6-9-5-11(14-13-9)8-2-1-3-10(4-8)17-7-12-15-16-17/h1-5,7,18H,6H2,(H,13,14). The van der Waals surface area contributed by atoms with E-state index in [1.54, 1.807) is 10.7 Å². The third-order valence-electron chi connectivity index (χ3n) is 2.56. The van der Waals surface area contributed by atoms with Crippen molar-refractivity contribution in [1.82, 2.24) is 30.4 Å². The van der Waals surface area contributed by atoms with Gasteiger partial charge in [-0.25, -0.2) is 4.68 Å². The zero-order valence-electron chi connectivity index (χ0n) is 9.35. The third kappa shape index (κ3) is 1.87. The minimum atomic E-state index is -0.0559. The van der Waals surface area contributed by atoms with E-state index in [4.69, 9.17) is 5.11 Å². The normalized spacial score (nSPS) is 10.7. The minimum absolute atomic E-state index is 0.0559. The Morgan fingerprint density at radius 1 is 1.28 bits per heavy atom. The first-order valence-electron chi connectivity index (χ1n) is 5.36. The molecule has 7 heteroatoms. The number of tetrazole rings is 1. The van der Waals surface area contributed by atoms with E-state index >= 15 is 0 Å². The zero-order chi connectivity index (χ0) is 12.4. The zero-order valence-corrected chi connectivity index (χ0v) is 9.35. The van der Waals surface area contributed by atoms with Gasteiger partial charge in [-0.2, -0.15) is 5.10 Å². The van der Waals surface area contributed by atoms with Crippen molar-refractivity contribution in [1.29, 1.82) is 0 Å². The Balaban J connectivity index is 2.00. The largest absolute Gasteiger partial charge is 0.390 e. The summed E-state index contributed by atoms with van der Waals surface area (Å²) in [7, 11) is 0. The van der Waals surface area contributed by atoms with Gasteiger partial charge >= 0.3 is 0 Å². The van der Waals surface area contributed by atoms with Crippen LogP contribution in [0, 0.1) is 0 Å². The molecule has 0 bridgehead atoms. The molecule has 0 amide bonds. The summed E-state index contributed by atoms with van der Waals surface area (Å²) in [4.78, 5) is 0. The molecule has 3 aromatic rings. The molecule has 7 nitrogen and oxygen atoms in total. The number of hydrogen-bond donors (Lipinski definition) is 2. The molecule has 0 saturated heterocycles. The molecule has 0 unspecified atom stereocenters. The highest BCUT2D eigenvalue weighted by Gasteiger charge is 2.05. The molecular formula is C11H10N6O. The molecule has 0 spiro atoms. The van der Waals surface area contributed by atoms with Crippen molar-refractivity contribution in [3.63, 3.8) is 0 Å². The first-order valence-corrected chi connectivity index (χ1v) is 5.36. The summed E-state index contributed by atoms with van der Waals surface area (Å²) in [6.45, 7) is -0.0559. The summed E-state index contributed by atoms with van der Waals surface area (Å²) in [5.74, 6) is 0. The Bertz CT molecular complexity index is 645. The van der Waals surface area contributed by atoms with Gasteiger partial charge in [-0.1, -0.05) is 12.1 Å². The van der Waals surface area contributed by atoms with Crippen molar-refractivity contribution < 1.29 is 5.11 Å². The Labute approximate surface area is 102 Å². The highest BCUT2D eigenvalue weighted by atomic mass is 16.3. The highest BCUT2D eigenvalue weighted by Crippen LogP contribution is 2.20. The molecule has 1 aromatic carbocycles. The molecule has 2 aromatic heterocycles. The Hall–Kier alpha value is -2.54. The van der Waals surface area contributed by atoms with E-state index in [1.165, 1.54) is 6.33 Å². The molecule has 3 rings (SSSR count). The second-order valence-corrected chi connectivity index (χ2v) is 3.74. The fourth-order valence-electron chi connectivity index (χ4n) is 1.68. The van der Waals surface area contributed by atoms with Gasteiger partial charge in [-0.3, -0.25) is 5.10 Å². The molecule has 0 aliphatic rings. The fourth-order valence-corrected chi connectivity index (χ4v) is 1.68. The van der Waals surface area contributed by atoms with Crippen molar-refractivity contribution >= 4 is 0 Å². The summed E-state index contributed by atoms with van der Waals surface area (Å²) in [5.41, 5.74) is 3.23. The number of nitrogens with zero attached hydrogens (tertiary/aromatic N) is 5. The summed E-state index contributed by atoms with van der Waals surface area (Å²) in [6, 6.07) is 9.47. The maximum Gasteiger partial charge on any atom is 0.143 e. The second kappa shape index (κ2) is 4.38. The number of H-pyrrole nitrogens is 1. The van der Waals surface area contributed by atoms with Gasteiger partial charge in [0.25, 0.3) is 0 Å². The fraction of sp³-hybridized carbons (Fsp3) is 0.0909. The first kappa shape index (κ1) is 10.6. The minimum Gasteiger partial charge on any atom is -0.390 e. The molecule has 0 aliphatic heterocycles. The molecular weight excluding hydrogens is 232 g/mol. The van der Waals surface area contributed by atoms with Crippen molar-refractivity contribution in [2.24, 2.45) is 0 Å².